The minimum Gasteiger partial charge on any atom is -0.306 e. The number of fused-ring (bicyclic) bond motifs is 19. The average Bonchev–Trinajstić information content (AvgIpc) is 2.94. The molecule has 18 aromatic rings. The van der Waals surface area contributed by atoms with Gasteiger partial charge in [0.2, 0.25) is 0 Å². The van der Waals surface area contributed by atoms with Gasteiger partial charge >= 0.3 is 0 Å². The van der Waals surface area contributed by atoms with Crippen molar-refractivity contribution in [3.8, 4) is 46.0 Å². The summed E-state index contributed by atoms with van der Waals surface area (Å²) in [5.74, 6) is 0. The van der Waals surface area contributed by atoms with Gasteiger partial charge in [0.15, 0.2) is 0 Å². The second-order valence-electron chi connectivity index (χ2n) is 21.7. The minimum absolute atomic E-state index is 0.422. The molecule has 0 bridgehead atoms. The van der Waals surface area contributed by atoms with Crippen molar-refractivity contribution in [3.05, 3.63) is 266 Å². The fraction of sp³-hybridized carbons (Fsp3) is 0. The molecule has 6 nitrogen and oxygen atoms in total. The number of rotatable bonds is 5. The molecule has 83 heavy (non-hydrogen) atoms. The van der Waals surface area contributed by atoms with Crippen LogP contribution in [0.25, 0.3) is 163 Å². The van der Waals surface area contributed by atoms with E-state index >= 15 is 0 Å². The molecule has 0 unspecified atom stereocenters. The molecular weight excluding hydrogens is 1030 g/mol. The van der Waals surface area contributed by atoms with Crippen molar-refractivity contribution in [1.82, 2.24) is 18.3 Å². The average molecular weight is 1070 g/mol. The van der Waals surface area contributed by atoms with Crippen LogP contribution in [0.2, 0.25) is 0 Å². The number of hydrogen-bond acceptors (Lipinski definition) is 3. The van der Waals surface area contributed by atoms with Gasteiger partial charge in [-0.3, -0.25) is 0 Å². The van der Waals surface area contributed by atoms with E-state index in [0.29, 0.717) is 33.9 Å². The van der Waals surface area contributed by atoms with Crippen molar-refractivity contribution < 1.29 is 0 Å². The second kappa shape index (κ2) is 17.1. The van der Waals surface area contributed by atoms with Crippen molar-refractivity contribution in [2.24, 2.45) is 0 Å². The van der Waals surface area contributed by atoms with Crippen LogP contribution in [0.3, 0.4) is 0 Å². The number of aromatic nitrogens is 4. The predicted octanol–water partition coefficient (Wildman–Crippen LogP) is 20.2. The van der Waals surface area contributed by atoms with Crippen LogP contribution in [0.15, 0.2) is 255 Å². The van der Waals surface area contributed by atoms with Crippen LogP contribution >= 0.6 is 11.3 Å². The van der Waals surface area contributed by atoms with Crippen molar-refractivity contribution in [3.63, 3.8) is 0 Å². The Hall–Kier alpha value is -11.2. The van der Waals surface area contributed by atoms with Gasteiger partial charge in [-0.25, -0.2) is 0 Å². The van der Waals surface area contributed by atoms with Gasteiger partial charge in [0.1, 0.15) is 23.3 Å². The van der Waals surface area contributed by atoms with Gasteiger partial charge in [-0.2, -0.15) is 10.5 Å². The Bertz CT molecular complexity index is 5820. The zero-order valence-corrected chi connectivity index (χ0v) is 45.2. The van der Waals surface area contributed by atoms with E-state index in [2.05, 4.69) is 285 Å². The molecule has 13 aromatic carbocycles. The smallest absolute Gasteiger partial charge is 0.104 e. The Balaban J connectivity index is 1.12. The van der Waals surface area contributed by atoms with E-state index in [4.69, 9.17) is 0 Å². The first-order valence-corrected chi connectivity index (χ1v) is 28.8. The highest BCUT2D eigenvalue weighted by Gasteiger charge is 2.35. The Morgan fingerprint density at radius 3 is 1.13 bits per heavy atom. The first-order valence-electron chi connectivity index (χ1n) is 28.0. The molecule has 5 heterocycles. The summed E-state index contributed by atoms with van der Waals surface area (Å²) in [6.45, 7) is 0. The minimum atomic E-state index is 0.422. The lowest BCUT2D eigenvalue weighted by Crippen LogP contribution is -2.16. The van der Waals surface area contributed by atoms with Gasteiger partial charge in [-0.05, 0) is 93.3 Å². The molecule has 0 aliphatic carbocycles. The molecule has 0 amide bonds. The molecule has 0 N–H and O–H groups in total. The van der Waals surface area contributed by atoms with Crippen LogP contribution in [-0.2, 0) is 0 Å². The zero-order valence-electron chi connectivity index (χ0n) is 44.3. The highest BCUT2D eigenvalue weighted by Crippen LogP contribution is 2.51. The van der Waals surface area contributed by atoms with E-state index in [-0.39, 0.29) is 0 Å². The van der Waals surface area contributed by atoms with Crippen LogP contribution < -0.4 is 0 Å². The number of benzene rings is 13. The first kappa shape index (κ1) is 45.6. The van der Waals surface area contributed by atoms with Crippen molar-refractivity contribution in [1.29, 1.82) is 10.5 Å². The predicted molar refractivity (Wildman–Crippen MR) is 347 cm³/mol. The molecule has 0 saturated carbocycles. The summed E-state index contributed by atoms with van der Waals surface area (Å²) >= 11 is 1.78. The fourth-order valence-electron chi connectivity index (χ4n) is 14.2. The highest BCUT2D eigenvalue weighted by molar-refractivity contribution is 7.26. The lowest BCUT2D eigenvalue weighted by molar-refractivity contribution is 1.03. The molecule has 7 heteroatoms. The van der Waals surface area contributed by atoms with Crippen molar-refractivity contribution >= 4 is 140 Å². The molecule has 0 spiro atoms. The Kier molecular flexibility index (Phi) is 9.42. The third-order valence-electron chi connectivity index (χ3n) is 17.6. The van der Waals surface area contributed by atoms with Gasteiger partial charge in [-0.1, -0.05) is 194 Å². The maximum absolute atomic E-state index is 13.0. The monoisotopic (exact) mass is 1070 g/mol. The second-order valence-corrected chi connectivity index (χ2v) is 22.7. The van der Waals surface area contributed by atoms with Gasteiger partial charge in [0.25, 0.3) is 0 Å². The van der Waals surface area contributed by atoms with E-state index in [1.807, 2.05) is 0 Å². The van der Waals surface area contributed by atoms with Gasteiger partial charge < -0.3 is 18.3 Å². The Labute approximate surface area is 478 Å². The van der Waals surface area contributed by atoms with E-state index < -0.39 is 0 Å². The number of nitrogens with zero attached hydrogens (tertiary/aromatic N) is 6. The summed E-state index contributed by atoms with van der Waals surface area (Å²) in [5, 5.41) is 41.3. The first-order chi connectivity index (χ1) is 41.2. The molecule has 0 fully saturated rings. The lowest BCUT2D eigenvalue weighted by Gasteiger charge is -2.27. The summed E-state index contributed by atoms with van der Waals surface area (Å²) < 4.78 is 11.5. The standard InChI is InChI=1S/C76H42N6S/c77-43-61-71(79-63-30-12-5-23-50(63)51-24-6-13-31-64(51)79)72(80-65-32-14-7-25-52(65)53-26-8-15-33-66(53)80)62(44-78)74(73(61)81-67-34-16-9-27-54(67)55-28-10-17-35-68(55)81)82-69-40-37-46(59-41-45-19-1-2-20-47(45)48-21-3-4-22-49(48)59)42-60(69)57-38-39-58-56-29-11-18-36-70(56)83-76(58)75(57)82/h1-42H. The third-order valence-corrected chi connectivity index (χ3v) is 18.8. The SMILES string of the molecule is N#Cc1c(-n2c3ccccc3c3ccccc32)c(-n2c3ccccc3c3ccccc32)c(C#N)c(-n2c3ccc(-c4cc5ccccc5c5ccccc45)cc3c3ccc4c5ccccc5sc4c32)c1-n1c2ccccc2c2ccccc21. The molecule has 0 saturated heterocycles. The maximum atomic E-state index is 13.0. The number of hydrogen-bond donors (Lipinski definition) is 0. The molecule has 0 radical (unpaired) electrons. The third kappa shape index (κ3) is 6.13. The lowest BCUT2D eigenvalue weighted by atomic mass is 9.92. The molecule has 0 aliphatic rings. The number of para-hydroxylation sites is 6. The van der Waals surface area contributed by atoms with Crippen molar-refractivity contribution in [2.75, 3.05) is 0 Å². The summed E-state index contributed by atoms with van der Waals surface area (Å²) in [7, 11) is 0. The van der Waals surface area contributed by atoms with E-state index in [0.717, 1.165) is 108 Å². The summed E-state index contributed by atoms with van der Waals surface area (Å²) in [6.07, 6.45) is 0. The van der Waals surface area contributed by atoms with Gasteiger partial charge in [0, 0.05) is 58.6 Å². The van der Waals surface area contributed by atoms with Crippen molar-refractivity contribution in [2.45, 2.75) is 0 Å². The van der Waals surface area contributed by atoms with E-state index in [9.17, 15) is 10.5 Å². The summed E-state index contributed by atoms with van der Waals surface area (Å²) in [4.78, 5) is 0. The van der Waals surface area contributed by atoms with Crippen LogP contribution in [0.1, 0.15) is 11.1 Å². The Morgan fingerprint density at radius 1 is 0.277 bits per heavy atom. The maximum Gasteiger partial charge on any atom is 0.104 e. The Morgan fingerprint density at radius 2 is 0.651 bits per heavy atom. The van der Waals surface area contributed by atoms with Crippen LogP contribution in [0, 0.1) is 22.7 Å². The van der Waals surface area contributed by atoms with Crippen LogP contribution in [0.4, 0.5) is 0 Å². The fourth-order valence-corrected chi connectivity index (χ4v) is 15.5. The van der Waals surface area contributed by atoms with Crippen LogP contribution in [0.5, 0.6) is 0 Å². The molecule has 5 aromatic heterocycles. The number of nitriles is 2. The van der Waals surface area contributed by atoms with E-state index in [1.54, 1.807) is 11.3 Å². The van der Waals surface area contributed by atoms with Gasteiger partial charge in [-0.15, -0.1) is 11.3 Å². The molecule has 18 rings (SSSR count). The molecule has 382 valence electrons. The zero-order chi connectivity index (χ0) is 54.6. The highest BCUT2D eigenvalue weighted by atomic mass is 32.1. The quantitative estimate of drug-likeness (QED) is 0.161. The number of thiophene rings is 1. The van der Waals surface area contributed by atoms with Gasteiger partial charge in [0.05, 0.1) is 71.6 Å². The normalized spacial score (nSPS) is 12.1. The molecular formula is C76H42N6S. The van der Waals surface area contributed by atoms with Crippen LogP contribution in [-0.4, -0.2) is 18.3 Å². The summed E-state index contributed by atoms with van der Waals surface area (Å²) in [6, 6.07) is 96.7. The van der Waals surface area contributed by atoms with E-state index in [1.165, 1.54) is 31.6 Å². The topological polar surface area (TPSA) is 67.3 Å². The molecule has 0 aliphatic heterocycles. The largest absolute Gasteiger partial charge is 0.306 e. The molecule has 0 atom stereocenters. The summed E-state index contributed by atoms with van der Waals surface area (Å²) in [5.41, 5.74) is 13.0.